The summed E-state index contributed by atoms with van der Waals surface area (Å²) in [7, 11) is 0. The van der Waals surface area contributed by atoms with Gasteiger partial charge in [-0.05, 0) is 42.0 Å². The molecule has 2 aliphatic heterocycles. The number of nitrogens with zero attached hydrogens (tertiary/aromatic N) is 1. The van der Waals surface area contributed by atoms with Crippen LogP contribution in [0.4, 0.5) is 10.1 Å². The van der Waals surface area contributed by atoms with Crippen LogP contribution in [0.15, 0.2) is 35.2 Å². The summed E-state index contributed by atoms with van der Waals surface area (Å²) in [6.07, 6.45) is 0.833. The lowest BCUT2D eigenvalue weighted by Crippen LogP contribution is -2.24. The fourth-order valence-corrected chi connectivity index (χ4v) is 4.20. The maximum Gasteiger partial charge on any atom is 0.277 e. The molecule has 0 amide bonds. The molecular formula is C17H15FN2O4S. The molecule has 0 saturated heterocycles. The number of nitro groups is 1. The highest BCUT2D eigenvalue weighted by molar-refractivity contribution is 7.99. The third-order valence-electron chi connectivity index (χ3n) is 4.32. The molecule has 0 aliphatic carbocycles. The second kappa shape index (κ2) is 6.53. The molecule has 2 aliphatic rings. The Bertz CT molecular complexity index is 846. The van der Waals surface area contributed by atoms with E-state index < -0.39 is 4.92 Å². The predicted octanol–water partition coefficient (Wildman–Crippen LogP) is 3.79. The number of hydrogen-bond acceptors (Lipinski definition) is 6. The Morgan fingerprint density at radius 1 is 1.28 bits per heavy atom. The van der Waals surface area contributed by atoms with Gasteiger partial charge in [-0.1, -0.05) is 0 Å². The number of nitro benzene ring substituents is 1. The minimum atomic E-state index is -0.427. The van der Waals surface area contributed by atoms with Crippen LogP contribution in [0.2, 0.25) is 0 Å². The summed E-state index contributed by atoms with van der Waals surface area (Å²) in [6.45, 7) is 0.355. The third-order valence-corrected chi connectivity index (χ3v) is 5.44. The fraction of sp³-hybridized carbons (Fsp3) is 0.294. The zero-order chi connectivity index (χ0) is 17.4. The van der Waals surface area contributed by atoms with Crippen molar-refractivity contribution >= 4 is 17.4 Å². The Balaban J connectivity index is 1.58. The molecule has 4 rings (SSSR count). The first kappa shape index (κ1) is 16.2. The Kier molecular flexibility index (Phi) is 4.22. The Labute approximate surface area is 147 Å². The van der Waals surface area contributed by atoms with Crippen LogP contribution in [-0.4, -0.2) is 17.5 Å². The molecule has 2 aromatic rings. The van der Waals surface area contributed by atoms with Gasteiger partial charge in [0.1, 0.15) is 5.82 Å². The van der Waals surface area contributed by atoms with Gasteiger partial charge in [0.05, 0.1) is 11.0 Å². The second-order valence-corrected chi connectivity index (χ2v) is 6.98. The van der Waals surface area contributed by atoms with Crippen molar-refractivity contribution in [2.24, 2.45) is 0 Å². The molecule has 1 N–H and O–H groups in total. The Morgan fingerprint density at radius 2 is 2.08 bits per heavy atom. The number of hydrogen-bond donors (Lipinski definition) is 1. The van der Waals surface area contributed by atoms with Crippen molar-refractivity contribution in [3.05, 3.63) is 57.4 Å². The molecule has 0 spiro atoms. The number of fused-ring (bicyclic) bond motifs is 2. The van der Waals surface area contributed by atoms with E-state index in [1.54, 1.807) is 23.9 Å². The summed E-state index contributed by atoms with van der Waals surface area (Å²) >= 11 is 1.70. The normalized spacial score (nSPS) is 18.0. The molecule has 130 valence electrons. The molecule has 0 unspecified atom stereocenters. The molecule has 0 fully saturated rings. The predicted molar refractivity (Wildman–Crippen MR) is 90.5 cm³/mol. The van der Waals surface area contributed by atoms with E-state index in [0.717, 1.165) is 22.6 Å². The molecule has 0 bridgehead atoms. The Morgan fingerprint density at radius 3 is 2.88 bits per heavy atom. The SMILES string of the molecule is O=[N+]([O-])c1cc2c(cc1CN[C@@H]1CCSc3ccc(F)cc31)OCO2. The highest BCUT2D eigenvalue weighted by Gasteiger charge is 2.25. The average molecular weight is 362 g/mol. The molecule has 2 aromatic carbocycles. The first-order valence-corrected chi connectivity index (χ1v) is 8.83. The number of halogens is 1. The summed E-state index contributed by atoms with van der Waals surface area (Å²) in [5.74, 6) is 1.53. The average Bonchev–Trinajstić information content (AvgIpc) is 3.06. The van der Waals surface area contributed by atoms with Crippen molar-refractivity contribution in [1.82, 2.24) is 5.32 Å². The van der Waals surface area contributed by atoms with Crippen molar-refractivity contribution in [1.29, 1.82) is 0 Å². The molecule has 0 saturated carbocycles. The molecule has 8 heteroatoms. The minimum absolute atomic E-state index is 0.0126. The largest absolute Gasteiger partial charge is 0.454 e. The summed E-state index contributed by atoms with van der Waals surface area (Å²) in [5, 5.41) is 14.7. The number of nitrogens with one attached hydrogen (secondary N) is 1. The van der Waals surface area contributed by atoms with Crippen molar-refractivity contribution in [3.8, 4) is 11.5 Å². The minimum Gasteiger partial charge on any atom is -0.454 e. The molecule has 25 heavy (non-hydrogen) atoms. The summed E-state index contributed by atoms with van der Waals surface area (Å²) in [4.78, 5) is 12.0. The lowest BCUT2D eigenvalue weighted by molar-refractivity contribution is -0.385. The van der Waals surface area contributed by atoms with E-state index in [2.05, 4.69) is 5.32 Å². The summed E-state index contributed by atoms with van der Waals surface area (Å²) < 4.78 is 24.1. The molecule has 6 nitrogen and oxygen atoms in total. The van der Waals surface area contributed by atoms with Gasteiger partial charge in [-0.25, -0.2) is 4.39 Å². The first-order chi connectivity index (χ1) is 12.1. The number of ether oxygens (including phenoxy) is 2. The van der Waals surface area contributed by atoms with E-state index in [-0.39, 0.29) is 30.9 Å². The monoisotopic (exact) mass is 362 g/mol. The standard InChI is InChI=1S/C17H15FN2O4S/c18-11-1-2-17-12(6-11)13(3-4-25-17)19-8-10-5-15-16(24-9-23-15)7-14(10)20(21)22/h1-2,5-7,13,19H,3-4,8-9H2/t13-/m1/s1. The van der Waals surface area contributed by atoms with Gasteiger partial charge in [-0.3, -0.25) is 10.1 Å². The zero-order valence-corrected chi connectivity index (χ0v) is 14.0. The van der Waals surface area contributed by atoms with Crippen molar-refractivity contribution in [2.75, 3.05) is 12.5 Å². The molecular weight excluding hydrogens is 347 g/mol. The summed E-state index contributed by atoms with van der Waals surface area (Å²) in [6, 6.07) is 7.76. The number of benzene rings is 2. The van der Waals surface area contributed by atoms with E-state index in [9.17, 15) is 14.5 Å². The van der Waals surface area contributed by atoms with E-state index in [0.29, 0.717) is 17.1 Å². The van der Waals surface area contributed by atoms with Crippen molar-refractivity contribution in [3.63, 3.8) is 0 Å². The molecule has 0 radical (unpaired) electrons. The lowest BCUT2D eigenvalue weighted by atomic mass is 10.0. The van der Waals surface area contributed by atoms with Crippen LogP contribution in [0.1, 0.15) is 23.6 Å². The van der Waals surface area contributed by atoms with Gasteiger partial charge in [0.2, 0.25) is 6.79 Å². The number of thioether (sulfide) groups is 1. The topological polar surface area (TPSA) is 73.6 Å². The van der Waals surface area contributed by atoms with E-state index in [4.69, 9.17) is 9.47 Å². The maximum absolute atomic E-state index is 13.6. The Hall–Kier alpha value is -2.32. The highest BCUT2D eigenvalue weighted by Crippen LogP contribution is 2.39. The maximum atomic E-state index is 13.6. The quantitative estimate of drug-likeness (QED) is 0.659. The van der Waals surface area contributed by atoms with Crippen LogP contribution < -0.4 is 14.8 Å². The third kappa shape index (κ3) is 3.14. The van der Waals surface area contributed by atoms with Crippen LogP contribution in [0.5, 0.6) is 11.5 Å². The highest BCUT2D eigenvalue weighted by atomic mass is 32.2. The van der Waals surface area contributed by atoms with Gasteiger partial charge in [-0.2, -0.15) is 0 Å². The summed E-state index contributed by atoms with van der Waals surface area (Å²) in [5.41, 5.74) is 1.41. The van der Waals surface area contributed by atoms with Crippen molar-refractivity contribution in [2.45, 2.75) is 23.9 Å². The van der Waals surface area contributed by atoms with Crippen LogP contribution in [0.3, 0.4) is 0 Å². The second-order valence-electron chi connectivity index (χ2n) is 5.84. The molecule has 1 atom stereocenters. The fourth-order valence-electron chi connectivity index (χ4n) is 3.10. The van der Waals surface area contributed by atoms with Gasteiger partial charge >= 0.3 is 0 Å². The van der Waals surface area contributed by atoms with Crippen LogP contribution >= 0.6 is 11.8 Å². The van der Waals surface area contributed by atoms with Crippen LogP contribution in [0, 0.1) is 15.9 Å². The van der Waals surface area contributed by atoms with Gasteiger partial charge in [-0.15, -0.1) is 11.8 Å². The van der Waals surface area contributed by atoms with E-state index >= 15 is 0 Å². The zero-order valence-electron chi connectivity index (χ0n) is 13.2. The molecule has 0 aromatic heterocycles. The number of rotatable bonds is 4. The lowest BCUT2D eigenvalue weighted by Gasteiger charge is -2.26. The smallest absolute Gasteiger partial charge is 0.277 e. The van der Waals surface area contributed by atoms with Crippen LogP contribution in [-0.2, 0) is 6.54 Å². The molecule has 2 heterocycles. The van der Waals surface area contributed by atoms with Gasteiger partial charge < -0.3 is 14.8 Å². The first-order valence-electron chi connectivity index (χ1n) is 7.84. The van der Waals surface area contributed by atoms with Crippen LogP contribution in [0.25, 0.3) is 0 Å². The van der Waals surface area contributed by atoms with E-state index in [1.165, 1.54) is 18.2 Å². The van der Waals surface area contributed by atoms with E-state index in [1.807, 2.05) is 0 Å². The van der Waals surface area contributed by atoms with Gasteiger partial charge in [0.15, 0.2) is 11.5 Å². The van der Waals surface area contributed by atoms with Crippen molar-refractivity contribution < 1.29 is 18.8 Å². The van der Waals surface area contributed by atoms with Gasteiger partial charge in [0, 0.05) is 23.0 Å². The van der Waals surface area contributed by atoms with Gasteiger partial charge in [0.25, 0.3) is 5.69 Å².